The zero-order chi connectivity index (χ0) is 11.3. The Morgan fingerprint density at radius 2 is 2.07 bits per heavy atom. The van der Waals surface area contributed by atoms with Crippen molar-refractivity contribution in [1.82, 2.24) is 0 Å². The Morgan fingerprint density at radius 3 is 2.53 bits per heavy atom. The Bertz CT molecular complexity index is 171. The van der Waals surface area contributed by atoms with Crippen LogP contribution in [0.3, 0.4) is 0 Å². The largest absolute Gasteiger partial charge is 0.385 e. The van der Waals surface area contributed by atoms with Crippen LogP contribution in [0.4, 0.5) is 0 Å². The van der Waals surface area contributed by atoms with Gasteiger partial charge in [0.15, 0.2) is 0 Å². The molecule has 1 aliphatic rings. The van der Waals surface area contributed by atoms with Gasteiger partial charge in [-0.15, -0.1) is 0 Å². The standard InChI is InChI=1S/C12H25NO2/c1-4-15-12(10-5-6-10)11(13)9(2)7-8-14-3/h9-12H,4-8,13H2,1-3H3. The minimum Gasteiger partial charge on any atom is -0.385 e. The Hall–Kier alpha value is -0.120. The van der Waals surface area contributed by atoms with E-state index in [4.69, 9.17) is 15.2 Å². The molecule has 2 N–H and O–H groups in total. The van der Waals surface area contributed by atoms with Crippen molar-refractivity contribution in [3.8, 4) is 0 Å². The molecule has 15 heavy (non-hydrogen) atoms. The van der Waals surface area contributed by atoms with E-state index in [1.807, 2.05) is 6.92 Å². The summed E-state index contributed by atoms with van der Waals surface area (Å²) in [5, 5.41) is 0. The molecule has 1 fully saturated rings. The minimum absolute atomic E-state index is 0.160. The molecule has 0 amide bonds. The molecule has 0 aliphatic heterocycles. The lowest BCUT2D eigenvalue weighted by Crippen LogP contribution is -2.43. The van der Waals surface area contributed by atoms with Gasteiger partial charge >= 0.3 is 0 Å². The first-order valence-electron chi connectivity index (χ1n) is 6.06. The molecule has 0 bridgehead atoms. The van der Waals surface area contributed by atoms with Gasteiger partial charge < -0.3 is 15.2 Å². The molecule has 3 nitrogen and oxygen atoms in total. The zero-order valence-corrected chi connectivity index (χ0v) is 10.2. The van der Waals surface area contributed by atoms with Gasteiger partial charge in [-0.25, -0.2) is 0 Å². The van der Waals surface area contributed by atoms with E-state index in [9.17, 15) is 0 Å². The first kappa shape index (κ1) is 12.9. The highest BCUT2D eigenvalue weighted by atomic mass is 16.5. The van der Waals surface area contributed by atoms with Gasteiger partial charge in [0.05, 0.1) is 6.10 Å². The van der Waals surface area contributed by atoms with E-state index in [1.54, 1.807) is 7.11 Å². The third-order valence-electron chi connectivity index (χ3n) is 3.26. The lowest BCUT2D eigenvalue weighted by atomic mass is 9.92. The van der Waals surface area contributed by atoms with Crippen LogP contribution in [0.15, 0.2) is 0 Å². The van der Waals surface area contributed by atoms with Crippen LogP contribution in [0.1, 0.15) is 33.1 Å². The number of hydrogen-bond donors (Lipinski definition) is 1. The van der Waals surface area contributed by atoms with E-state index in [-0.39, 0.29) is 12.1 Å². The second kappa shape index (κ2) is 6.46. The Balaban J connectivity index is 2.35. The maximum absolute atomic E-state index is 6.25. The highest BCUT2D eigenvalue weighted by Crippen LogP contribution is 2.37. The van der Waals surface area contributed by atoms with Crippen LogP contribution in [0.25, 0.3) is 0 Å². The van der Waals surface area contributed by atoms with Crippen molar-refractivity contribution >= 4 is 0 Å². The number of methoxy groups -OCH3 is 1. The summed E-state index contributed by atoms with van der Waals surface area (Å²) >= 11 is 0. The average Bonchev–Trinajstić information content (AvgIpc) is 3.05. The van der Waals surface area contributed by atoms with Gasteiger partial charge in [-0.3, -0.25) is 0 Å². The summed E-state index contributed by atoms with van der Waals surface area (Å²) in [6.07, 6.45) is 3.86. The normalized spacial score (nSPS) is 22.4. The molecule has 1 rings (SSSR count). The Morgan fingerprint density at radius 1 is 1.40 bits per heavy atom. The maximum Gasteiger partial charge on any atom is 0.0756 e. The van der Waals surface area contributed by atoms with Crippen LogP contribution >= 0.6 is 0 Å². The first-order valence-corrected chi connectivity index (χ1v) is 6.06. The minimum atomic E-state index is 0.160. The average molecular weight is 215 g/mol. The predicted octanol–water partition coefficient (Wildman–Crippen LogP) is 1.80. The van der Waals surface area contributed by atoms with Crippen LogP contribution < -0.4 is 5.73 Å². The summed E-state index contributed by atoms with van der Waals surface area (Å²) < 4.78 is 10.8. The van der Waals surface area contributed by atoms with Gasteiger partial charge in [0.25, 0.3) is 0 Å². The van der Waals surface area contributed by atoms with Crippen molar-refractivity contribution in [2.24, 2.45) is 17.6 Å². The Kier molecular flexibility index (Phi) is 5.58. The van der Waals surface area contributed by atoms with E-state index in [0.717, 1.165) is 19.6 Å². The predicted molar refractivity (Wildman–Crippen MR) is 61.8 cm³/mol. The summed E-state index contributed by atoms with van der Waals surface area (Å²) in [4.78, 5) is 0. The molecule has 1 aliphatic carbocycles. The quantitative estimate of drug-likeness (QED) is 0.671. The monoisotopic (exact) mass is 215 g/mol. The topological polar surface area (TPSA) is 44.5 Å². The molecule has 0 heterocycles. The van der Waals surface area contributed by atoms with Gasteiger partial charge in [0.2, 0.25) is 0 Å². The molecule has 0 aromatic carbocycles. The highest BCUT2D eigenvalue weighted by molar-refractivity contribution is 4.90. The van der Waals surface area contributed by atoms with Crippen LogP contribution in [-0.2, 0) is 9.47 Å². The van der Waals surface area contributed by atoms with Crippen LogP contribution in [-0.4, -0.2) is 32.5 Å². The zero-order valence-electron chi connectivity index (χ0n) is 10.2. The third-order valence-corrected chi connectivity index (χ3v) is 3.26. The van der Waals surface area contributed by atoms with Crippen molar-refractivity contribution < 1.29 is 9.47 Å². The third kappa shape index (κ3) is 4.09. The summed E-state index contributed by atoms with van der Waals surface area (Å²) in [5.41, 5.74) is 6.25. The number of ether oxygens (including phenoxy) is 2. The first-order chi connectivity index (χ1) is 7.20. The number of hydrogen-bond acceptors (Lipinski definition) is 3. The molecular formula is C12H25NO2. The maximum atomic E-state index is 6.25. The second-order valence-corrected chi connectivity index (χ2v) is 4.59. The summed E-state index contributed by atoms with van der Waals surface area (Å²) in [7, 11) is 1.74. The smallest absolute Gasteiger partial charge is 0.0756 e. The molecule has 3 unspecified atom stereocenters. The van der Waals surface area contributed by atoms with E-state index in [1.165, 1.54) is 12.8 Å². The van der Waals surface area contributed by atoms with Crippen molar-refractivity contribution in [1.29, 1.82) is 0 Å². The molecule has 3 atom stereocenters. The van der Waals surface area contributed by atoms with E-state index in [0.29, 0.717) is 11.8 Å². The fraction of sp³-hybridized carbons (Fsp3) is 1.00. The molecule has 3 heteroatoms. The Labute approximate surface area is 93.3 Å². The van der Waals surface area contributed by atoms with Gasteiger partial charge in [-0.1, -0.05) is 6.92 Å². The molecule has 0 saturated heterocycles. The lowest BCUT2D eigenvalue weighted by Gasteiger charge is -2.28. The second-order valence-electron chi connectivity index (χ2n) is 4.59. The van der Waals surface area contributed by atoms with Crippen molar-refractivity contribution in [3.05, 3.63) is 0 Å². The van der Waals surface area contributed by atoms with E-state index < -0.39 is 0 Å². The lowest BCUT2D eigenvalue weighted by molar-refractivity contribution is 0.0124. The molecule has 0 aromatic heterocycles. The van der Waals surface area contributed by atoms with Crippen LogP contribution in [0.5, 0.6) is 0 Å². The summed E-state index contributed by atoms with van der Waals surface area (Å²) in [5.74, 6) is 1.19. The molecule has 0 aromatic rings. The van der Waals surface area contributed by atoms with Crippen LogP contribution in [0.2, 0.25) is 0 Å². The highest BCUT2D eigenvalue weighted by Gasteiger charge is 2.37. The molecule has 1 saturated carbocycles. The molecule has 0 spiro atoms. The fourth-order valence-electron chi connectivity index (χ4n) is 2.00. The summed E-state index contributed by atoms with van der Waals surface area (Å²) in [6, 6.07) is 0.160. The number of nitrogens with two attached hydrogens (primary N) is 1. The fourth-order valence-corrected chi connectivity index (χ4v) is 2.00. The van der Waals surface area contributed by atoms with Crippen molar-refractivity contribution in [3.63, 3.8) is 0 Å². The number of rotatable bonds is 8. The summed E-state index contributed by atoms with van der Waals surface area (Å²) in [6.45, 7) is 5.80. The SMILES string of the molecule is CCOC(C1CC1)C(N)C(C)CCOC. The van der Waals surface area contributed by atoms with Crippen molar-refractivity contribution in [2.45, 2.75) is 45.3 Å². The van der Waals surface area contributed by atoms with Gasteiger partial charge in [-0.05, 0) is 38.0 Å². The van der Waals surface area contributed by atoms with Gasteiger partial charge in [-0.2, -0.15) is 0 Å². The molecule has 0 radical (unpaired) electrons. The van der Waals surface area contributed by atoms with Gasteiger partial charge in [0.1, 0.15) is 0 Å². The molecule has 90 valence electrons. The van der Waals surface area contributed by atoms with Crippen LogP contribution in [0, 0.1) is 11.8 Å². The van der Waals surface area contributed by atoms with Gasteiger partial charge in [0, 0.05) is 26.4 Å². The van der Waals surface area contributed by atoms with Crippen molar-refractivity contribution in [2.75, 3.05) is 20.3 Å². The van der Waals surface area contributed by atoms with E-state index >= 15 is 0 Å². The molecular weight excluding hydrogens is 190 g/mol. The van der Waals surface area contributed by atoms with E-state index in [2.05, 4.69) is 6.92 Å².